The fourth-order valence-electron chi connectivity index (χ4n) is 2.53. The Bertz CT molecular complexity index is 254. The molecule has 0 aromatic carbocycles. The summed E-state index contributed by atoms with van der Waals surface area (Å²) in [4.78, 5) is 16.3. The van der Waals surface area contributed by atoms with Crippen LogP contribution in [-0.4, -0.2) is 72.9 Å². The predicted molar refractivity (Wildman–Crippen MR) is 63.7 cm³/mol. The highest BCUT2D eigenvalue weighted by atomic mass is 16.5. The van der Waals surface area contributed by atoms with E-state index in [2.05, 4.69) is 4.90 Å². The summed E-state index contributed by atoms with van der Waals surface area (Å²) in [5.41, 5.74) is 0. The van der Waals surface area contributed by atoms with Gasteiger partial charge < -0.3 is 14.7 Å². The zero-order chi connectivity index (χ0) is 12.1. The Balaban J connectivity index is 1.83. The second kappa shape index (κ2) is 6.33. The van der Waals surface area contributed by atoms with Crippen LogP contribution in [0.5, 0.6) is 0 Å². The highest BCUT2D eigenvalue weighted by molar-refractivity contribution is 5.81. The lowest BCUT2D eigenvalue weighted by Gasteiger charge is -2.23. The minimum Gasteiger partial charge on any atom is -0.395 e. The van der Waals surface area contributed by atoms with Gasteiger partial charge in [-0.25, -0.2) is 0 Å². The lowest BCUT2D eigenvalue weighted by Crippen LogP contribution is -2.41. The van der Waals surface area contributed by atoms with E-state index >= 15 is 0 Å². The number of carbonyl (C=O) groups excluding carboxylic acids is 1. The van der Waals surface area contributed by atoms with Gasteiger partial charge in [-0.3, -0.25) is 9.69 Å². The van der Waals surface area contributed by atoms with Crippen molar-refractivity contribution >= 4 is 5.91 Å². The SMILES string of the molecule is O=C([C@H]1CCCO1)N1CCCN(CCO)CC1. The molecule has 2 rings (SSSR count). The first kappa shape index (κ1) is 12.8. The van der Waals surface area contributed by atoms with Crippen molar-refractivity contribution in [3.05, 3.63) is 0 Å². The van der Waals surface area contributed by atoms with Gasteiger partial charge in [-0.1, -0.05) is 0 Å². The first-order valence-corrected chi connectivity index (χ1v) is 6.55. The van der Waals surface area contributed by atoms with Gasteiger partial charge in [0.15, 0.2) is 0 Å². The fourth-order valence-corrected chi connectivity index (χ4v) is 2.53. The van der Waals surface area contributed by atoms with Gasteiger partial charge in [0.25, 0.3) is 5.91 Å². The van der Waals surface area contributed by atoms with E-state index in [1.165, 1.54) is 0 Å². The monoisotopic (exact) mass is 242 g/mol. The van der Waals surface area contributed by atoms with Crippen molar-refractivity contribution in [2.24, 2.45) is 0 Å². The van der Waals surface area contributed by atoms with Crippen LogP contribution in [0, 0.1) is 0 Å². The maximum Gasteiger partial charge on any atom is 0.251 e. The molecule has 0 aromatic heterocycles. The second-order valence-corrected chi connectivity index (χ2v) is 4.75. The Morgan fingerprint density at radius 3 is 2.82 bits per heavy atom. The average Bonchev–Trinajstić information content (AvgIpc) is 2.76. The number of β-amino-alcohol motifs (C(OH)–C–C–N with tert-alkyl or cyclic N) is 1. The Morgan fingerprint density at radius 2 is 2.12 bits per heavy atom. The normalized spacial score (nSPS) is 27.1. The van der Waals surface area contributed by atoms with E-state index in [9.17, 15) is 4.79 Å². The van der Waals surface area contributed by atoms with Crippen LogP contribution < -0.4 is 0 Å². The van der Waals surface area contributed by atoms with Gasteiger partial charge in [0.2, 0.25) is 0 Å². The van der Waals surface area contributed by atoms with Crippen LogP contribution in [0.1, 0.15) is 19.3 Å². The van der Waals surface area contributed by atoms with E-state index in [-0.39, 0.29) is 18.6 Å². The van der Waals surface area contributed by atoms with Gasteiger partial charge in [0, 0.05) is 32.8 Å². The molecule has 0 radical (unpaired) electrons. The molecular formula is C12H22N2O3. The summed E-state index contributed by atoms with van der Waals surface area (Å²) in [7, 11) is 0. The van der Waals surface area contributed by atoms with E-state index in [0.29, 0.717) is 6.54 Å². The minimum atomic E-state index is -0.195. The minimum absolute atomic E-state index is 0.161. The van der Waals surface area contributed by atoms with Gasteiger partial charge in [-0.05, 0) is 25.8 Å². The lowest BCUT2D eigenvalue weighted by molar-refractivity contribution is -0.140. The molecule has 2 aliphatic heterocycles. The van der Waals surface area contributed by atoms with Crippen LogP contribution in [0.4, 0.5) is 0 Å². The van der Waals surface area contributed by atoms with Gasteiger partial charge >= 0.3 is 0 Å². The molecule has 1 N–H and O–H groups in total. The molecule has 1 amide bonds. The van der Waals surface area contributed by atoms with Gasteiger partial charge in [0.1, 0.15) is 6.10 Å². The number of aliphatic hydroxyl groups is 1. The van der Waals surface area contributed by atoms with Crippen molar-refractivity contribution in [2.45, 2.75) is 25.4 Å². The predicted octanol–water partition coefficient (Wildman–Crippen LogP) is -0.308. The highest BCUT2D eigenvalue weighted by Crippen LogP contribution is 2.15. The molecule has 98 valence electrons. The third-order valence-corrected chi connectivity index (χ3v) is 3.52. The van der Waals surface area contributed by atoms with E-state index in [4.69, 9.17) is 9.84 Å². The molecule has 5 nitrogen and oxygen atoms in total. The summed E-state index contributed by atoms with van der Waals surface area (Å²) < 4.78 is 5.44. The molecule has 5 heteroatoms. The molecule has 2 aliphatic rings. The number of hydrogen-bond acceptors (Lipinski definition) is 4. The summed E-state index contributed by atoms with van der Waals surface area (Å²) in [5, 5.41) is 8.92. The summed E-state index contributed by atoms with van der Waals surface area (Å²) in [6.45, 7) is 5.04. The molecule has 1 atom stereocenters. The third-order valence-electron chi connectivity index (χ3n) is 3.52. The standard InChI is InChI=1S/C12H22N2O3/c15-9-8-13-4-2-5-14(7-6-13)12(16)11-3-1-10-17-11/h11,15H,1-10H2/t11-/m1/s1. The molecule has 2 heterocycles. The Hall–Kier alpha value is -0.650. The number of amides is 1. The zero-order valence-corrected chi connectivity index (χ0v) is 10.3. The highest BCUT2D eigenvalue weighted by Gasteiger charge is 2.29. The second-order valence-electron chi connectivity index (χ2n) is 4.75. The number of nitrogens with zero attached hydrogens (tertiary/aromatic N) is 2. The van der Waals surface area contributed by atoms with Crippen LogP contribution in [0.2, 0.25) is 0 Å². The molecule has 0 bridgehead atoms. The molecule has 2 saturated heterocycles. The summed E-state index contributed by atoms with van der Waals surface area (Å²) >= 11 is 0. The molecule has 2 fully saturated rings. The fraction of sp³-hybridized carbons (Fsp3) is 0.917. The van der Waals surface area contributed by atoms with E-state index in [0.717, 1.165) is 52.0 Å². The van der Waals surface area contributed by atoms with Crippen LogP contribution >= 0.6 is 0 Å². The summed E-state index contributed by atoms with van der Waals surface area (Å²) in [5.74, 6) is 0.161. The van der Waals surface area contributed by atoms with Gasteiger partial charge in [0.05, 0.1) is 6.61 Å². The van der Waals surface area contributed by atoms with E-state index < -0.39 is 0 Å². The molecule has 0 saturated carbocycles. The van der Waals surface area contributed by atoms with Crippen molar-refractivity contribution in [3.63, 3.8) is 0 Å². The third kappa shape index (κ3) is 3.40. The van der Waals surface area contributed by atoms with Gasteiger partial charge in [-0.15, -0.1) is 0 Å². The van der Waals surface area contributed by atoms with Crippen molar-refractivity contribution in [3.8, 4) is 0 Å². The van der Waals surface area contributed by atoms with Crippen LogP contribution in [0.15, 0.2) is 0 Å². The van der Waals surface area contributed by atoms with E-state index in [1.807, 2.05) is 4.90 Å². The number of rotatable bonds is 3. The van der Waals surface area contributed by atoms with Crippen molar-refractivity contribution in [1.82, 2.24) is 9.80 Å². The van der Waals surface area contributed by atoms with Crippen LogP contribution in [-0.2, 0) is 9.53 Å². The van der Waals surface area contributed by atoms with Crippen LogP contribution in [0.3, 0.4) is 0 Å². The van der Waals surface area contributed by atoms with Crippen LogP contribution in [0.25, 0.3) is 0 Å². The maximum absolute atomic E-state index is 12.2. The first-order valence-electron chi connectivity index (χ1n) is 6.55. The zero-order valence-electron chi connectivity index (χ0n) is 10.3. The van der Waals surface area contributed by atoms with Crippen molar-refractivity contribution in [2.75, 3.05) is 45.9 Å². The number of aliphatic hydroxyl groups excluding tert-OH is 1. The molecular weight excluding hydrogens is 220 g/mol. The lowest BCUT2D eigenvalue weighted by atomic mass is 10.2. The molecule has 0 unspecified atom stereocenters. The average molecular weight is 242 g/mol. The van der Waals surface area contributed by atoms with Gasteiger partial charge in [-0.2, -0.15) is 0 Å². The number of carbonyl (C=O) groups is 1. The van der Waals surface area contributed by atoms with Crippen molar-refractivity contribution < 1.29 is 14.6 Å². The maximum atomic E-state index is 12.2. The topological polar surface area (TPSA) is 53.0 Å². The smallest absolute Gasteiger partial charge is 0.251 e. The molecule has 17 heavy (non-hydrogen) atoms. The Morgan fingerprint density at radius 1 is 1.24 bits per heavy atom. The Kier molecular flexibility index (Phi) is 4.76. The Labute approximate surface area is 102 Å². The number of hydrogen-bond donors (Lipinski definition) is 1. The first-order chi connectivity index (χ1) is 8.31. The summed E-state index contributed by atoms with van der Waals surface area (Å²) in [6, 6.07) is 0. The quantitative estimate of drug-likeness (QED) is 0.738. The molecule has 0 aliphatic carbocycles. The molecule has 0 aromatic rings. The molecule has 0 spiro atoms. The van der Waals surface area contributed by atoms with Crippen molar-refractivity contribution in [1.29, 1.82) is 0 Å². The number of ether oxygens (including phenoxy) is 1. The largest absolute Gasteiger partial charge is 0.395 e. The summed E-state index contributed by atoms with van der Waals surface area (Å²) in [6.07, 6.45) is 2.66. The van der Waals surface area contributed by atoms with E-state index in [1.54, 1.807) is 0 Å².